The Hall–Kier alpha value is -1.74. The van der Waals surface area contributed by atoms with Crippen LogP contribution in [0.5, 0.6) is 0 Å². The van der Waals surface area contributed by atoms with Crippen molar-refractivity contribution in [1.82, 2.24) is 4.98 Å². The maximum Gasteiger partial charge on any atom is 0.167 e. The number of hydrogen-bond acceptors (Lipinski definition) is 3. The lowest BCUT2D eigenvalue weighted by Gasteiger charge is -2.11. The fourth-order valence-corrected chi connectivity index (χ4v) is 2.12. The molecule has 0 aliphatic rings. The topological polar surface area (TPSA) is 56.0 Å². The van der Waals surface area contributed by atoms with E-state index < -0.39 is 0 Å². The zero-order valence-corrected chi connectivity index (χ0v) is 10.6. The third-order valence-corrected chi connectivity index (χ3v) is 3.19. The van der Waals surface area contributed by atoms with E-state index in [1.807, 2.05) is 37.3 Å². The average Bonchev–Trinajstić information content (AvgIpc) is 2.43. The van der Waals surface area contributed by atoms with Crippen molar-refractivity contribution >= 4 is 16.7 Å². The number of nitrogens with two attached hydrogens (primary N) is 1. The molecule has 2 N–H and O–H groups in total. The van der Waals surface area contributed by atoms with Crippen molar-refractivity contribution in [3.8, 4) is 0 Å². The molecule has 0 saturated heterocycles. The monoisotopic (exact) mass is 242 g/mol. The van der Waals surface area contributed by atoms with Crippen LogP contribution in [0.3, 0.4) is 0 Å². The minimum Gasteiger partial charge on any atom is -0.330 e. The van der Waals surface area contributed by atoms with Crippen LogP contribution in [0.4, 0.5) is 0 Å². The third-order valence-electron chi connectivity index (χ3n) is 3.19. The number of benzene rings is 1. The first-order valence-corrected chi connectivity index (χ1v) is 6.32. The Balaban J connectivity index is 2.33. The molecule has 0 saturated carbocycles. The lowest BCUT2D eigenvalue weighted by Crippen LogP contribution is -2.14. The highest BCUT2D eigenvalue weighted by Gasteiger charge is 2.17. The number of carbonyl (C=O) groups excluding carboxylic acids is 1. The fourth-order valence-electron chi connectivity index (χ4n) is 2.12. The maximum atomic E-state index is 12.4. The zero-order valence-electron chi connectivity index (χ0n) is 10.6. The van der Waals surface area contributed by atoms with Gasteiger partial charge in [0.15, 0.2) is 5.78 Å². The minimum atomic E-state index is 0.00107. The smallest absolute Gasteiger partial charge is 0.167 e. The van der Waals surface area contributed by atoms with Crippen molar-refractivity contribution in [3.63, 3.8) is 0 Å². The summed E-state index contributed by atoms with van der Waals surface area (Å²) in [7, 11) is 0. The van der Waals surface area contributed by atoms with Gasteiger partial charge >= 0.3 is 0 Å². The molecular formula is C15H18N2O. The van der Waals surface area contributed by atoms with Crippen LogP contribution in [0.25, 0.3) is 10.9 Å². The Morgan fingerprint density at radius 1 is 1.33 bits per heavy atom. The standard InChI is InChI=1S/C15H18N2O/c1-11(5-3-9-16)15(18)13-8-2-6-12-7-4-10-17-14(12)13/h2,4,6-8,10-11H,3,5,9,16H2,1H3. The van der Waals surface area contributed by atoms with E-state index in [1.54, 1.807) is 6.20 Å². The molecule has 0 aliphatic heterocycles. The molecule has 0 radical (unpaired) electrons. The third kappa shape index (κ3) is 2.57. The molecule has 1 heterocycles. The van der Waals surface area contributed by atoms with Gasteiger partial charge in [-0.2, -0.15) is 0 Å². The lowest BCUT2D eigenvalue weighted by molar-refractivity contribution is 0.0925. The van der Waals surface area contributed by atoms with Crippen LogP contribution >= 0.6 is 0 Å². The molecule has 0 spiro atoms. The average molecular weight is 242 g/mol. The molecule has 94 valence electrons. The second-order valence-electron chi connectivity index (χ2n) is 4.58. The van der Waals surface area contributed by atoms with Crippen LogP contribution in [0.1, 0.15) is 30.1 Å². The molecule has 0 aliphatic carbocycles. The minimum absolute atomic E-state index is 0.00107. The number of rotatable bonds is 5. The van der Waals surface area contributed by atoms with E-state index in [0.717, 1.165) is 29.3 Å². The summed E-state index contributed by atoms with van der Waals surface area (Å²) >= 11 is 0. The van der Waals surface area contributed by atoms with Gasteiger partial charge in [0.1, 0.15) is 0 Å². The molecule has 0 fully saturated rings. The van der Waals surface area contributed by atoms with Gasteiger partial charge in [-0.15, -0.1) is 0 Å². The Labute approximate surface area is 107 Å². The number of ketones is 1. The SMILES string of the molecule is CC(CCCN)C(=O)c1cccc2cccnc12. The first-order valence-electron chi connectivity index (χ1n) is 6.32. The Bertz CT molecular complexity index is 546. The van der Waals surface area contributed by atoms with Crippen LogP contribution in [-0.4, -0.2) is 17.3 Å². The van der Waals surface area contributed by atoms with Gasteiger partial charge in [-0.05, 0) is 31.5 Å². The predicted molar refractivity (Wildman–Crippen MR) is 73.5 cm³/mol. The van der Waals surface area contributed by atoms with E-state index >= 15 is 0 Å². The van der Waals surface area contributed by atoms with Gasteiger partial charge in [0.05, 0.1) is 5.52 Å². The summed E-state index contributed by atoms with van der Waals surface area (Å²) in [6, 6.07) is 9.60. The van der Waals surface area contributed by atoms with Gasteiger partial charge in [0.2, 0.25) is 0 Å². The van der Waals surface area contributed by atoms with Crippen LogP contribution in [-0.2, 0) is 0 Å². The van der Waals surface area contributed by atoms with Crippen molar-refractivity contribution in [3.05, 3.63) is 42.1 Å². The number of Topliss-reactive ketones (excluding diaryl/α,β-unsaturated/α-hetero) is 1. The van der Waals surface area contributed by atoms with Gasteiger partial charge in [-0.3, -0.25) is 9.78 Å². The molecular weight excluding hydrogens is 224 g/mol. The van der Waals surface area contributed by atoms with Crippen LogP contribution in [0.2, 0.25) is 0 Å². The van der Waals surface area contributed by atoms with Gasteiger partial charge in [0, 0.05) is 23.1 Å². The zero-order chi connectivity index (χ0) is 13.0. The predicted octanol–water partition coefficient (Wildman–Crippen LogP) is 2.79. The first-order chi connectivity index (χ1) is 8.74. The number of nitrogens with zero attached hydrogens (tertiary/aromatic N) is 1. The van der Waals surface area contributed by atoms with Crippen molar-refractivity contribution in [2.45, 2.75) is 19.8 Å². The molecule has 1 aromatic heterocycles. The summed E-state index contributed by atoms with van der Waals surface area (Å²) < 4.78 is 0. The molecule has 3 nitrogen and oxygen atoms in total. The molecule has 2 rings (SSSR count). The highest BCUT2D eigenvalue weighted by Crippen LogP contribution is 2.20. The first kappa shape index (κ1) is 12.7. The van der Waals surface area contributed by atoms with Gasteiger partial charge in [-0.1, -0.05) is 25.1 Å². The Morgan fingerprint density at radius 2 is 2.11 bits per heavy atom. The summed E-state index contributed by atoms with van der Waals surface area (Å²) in [6.07, 6.45) is 3.44. The number of para-hydroxylation sites is 1. The van der Waals surface area contributed by atoms with E-state index in [2.05, 4.69) is 4.98 Å². The number of carbonyl (C=O) groups is 1. The van der Waals surface area contributed by atoms with Crippen molar-refractivity contribution in [1.29, 1.82) is 0 Å². The molecule has 2 aromatic rings. The van der Waals surface area contributed by atoms with Crippen molar-refractivity contribution in [2.75, 3.05) is 6.54 Å². The molecule has 1 unspecified atom stereocenters. The summed E-state index contributed by atoms with van der Waals surface area (Å²) in [5.41, 5.74) is 7.00. The highest BCUT2D eigenvalue weighted by molar-refractivity contribution is 6.07. The quantitative estimate of drug-likeness (QED) is 0.820. The van der Waals surface area contributed by atoms with E-state index in [1.165, 1.54) is 0 Å². The van der Waals surface area contributed by atoms with E-state index in [-0.39, 0.29) is 11.7 Å². The Kier molecular flexibility index (Phi) is 4.05. The largest absolute Gasteiger partial charge is 0.330 e. The normalized spacial score (nSPS) is 12.6. The molecule has 3 heteroatoms. The number of hydrogen-bond donors (Lipinski definition) is 1. The van der Waals surface area contributed by atoms with Crippen LogP contribution in [0, 0.1) is 5.92 Å². The number of pyridine rings is 1. The van der Waals surface area contributed by atoms with Crippen molar-refractivity contribution in [2.24, 2.45) is 11.7 Å². The lowest BCUT2D eigenvalue weighted by atomic mass is 9.93. The summed E-state index contributed by atoms with van der Waals surface area (Å²) in [5.74, 6) is 0.161. The maximum absolute atomic E-state index is 12.4. The highest BCUT2D eigenvalue weighted by atomic mass is 16.1. The molecule has 0 bridgehead atoms. The van der Waals surface area contributed by atoms with Crippen molar-refractivity contribution < 1.29 is 4.79 Å². The van der Waals surface area contributed by atoms with E-state index in [0.29, 0.717) is 6.54 Å². The summed E-state index contributed by atoms with van der Waals surface area (Å²) in [4.78, 5) is 16.7. The van der Waals surface area contributed by atoms with Gasteiger partial charge in [0.25, 0.3) is 0 Å². The summed E-state index contributed by atoms with van der Waals surface area (Å²) in [5, 5.41) is 1.01. The molecule has 1 aromatic carbocycles. The number of aromatic nitrogens is 1. The fraction of sp³-hybridized carbons (Fsp3) is 0.333. The molecule has 1 atom stereocenters. The second kappa shape index (κ2) is 5.74. The van der Waals surface area contributed by atoms with E-state index in [9.17, 15) is 4.79 Å². The summed E-state index contributed by atoms with van der Waals surface area (Å²) in [6.45, 7) is 2.59. The molecule has 0 amide bonds. The van der Waals surface area contributed by atoms with Crippen LogP contribution in [0.15, 0.2) is 36.5 Å². The van der Waals surface area contributed by atoms with Gasteiger partial charge < -0.3 is 5.73 Å². The Morgan fingerprint density at radius 3 is 2.89 bits per heavy atom. The number of fused-ring (bicyclic) bond motifs is 1. The molecule has 18 heavy (non-hydrogen) atoms. The second-order valence-corrected chi connectivity index (χ2v) is 4.58. The van der Waals surface area contributed by atoms with Gasteiger partial charge in [-0.25, -0.2) is 0 Å². The van der Waals surface area contributed by atoms with E-state index in [4.69, 9.17) is 5.73 Å². The van der Waals surface area contributed by atoms with Crippen LogP contribution < -0.4 is 5.73 Å².